The van der Waals surface area contributed by atoms with E-state index in [9.17, 15) is 9.90 Å². The molecule has 2 atom stereocenters. The molecule has 0 aromatic rings. The summed E-state index contributed by atoms with van der Waals surface area (Å²) < 4.78 is 0. The van der Waals surface area contributed by atoms with Crippen molar-refractivity contribution in [2.24, 2.45) is 5.41 Å². The smallest absolute Gasteiger partial charge is 0.317 e. The van der Waals surface area contributed by atoms with Crippen LogP contribution in [0.15, 0.2) is 0 Å². The van der Waals surface area contributed by atoms with Crippen LogP contribution in [0.4, 0.5) is 4.79 Å². The summed E-state index contributed by atoms with van der Waals surface area (Å²) in [4.78, 5) is 14.5. The van der Waals surface area contributed by atoms with Crippen LogP contribution in [-0.4, -0.2) is 41.3 Å². The largest absolute Gasteiger partial charge is 0.391 e. The summed E-state index contributed by atoms with van der Waals surface area (Å²) in [5.74, 6) is 0. The van der Waals surface area contributed by atoms with Crippen LogP contribution in [-0.2, 0) is 0 Å². The van der Waals surface area contributed by atoms with Crippen LogP contribution in [0.25, 0.3) is 0 Å². The van der Waals surface area contributed by atoms with Crippen LogP contribution in [0, 0.1) is 5.41 Å². The van der Waals surface area contributed by atoms with Crippen molar-refractivity contribution in [2.45, 2.75) is 91.2 Å². The van der Waals surface area contributed by atoms with E-state index in [-0.39, 0.29) is 23.6 Å². The quantitative estimate of drug-likeness (QED) is 0.700. The Morgan fingerprint density at radius 2 is 1.86 bits per heavy atom. The van der Waals surface area contributed by atoms with Gasteiger partial charge in [-0.05, 0) is 24.7 Å². The Balaban J connectivity index is 2.53. The summed E-state index contributed by atoms with van der Waals surface area (Å²) in [5, 5.41) is 13.1. The highest BCUT2D eigenvalue weighted by Crippen LogP contribution is 2.20. The van der Waals surface area contributed by atoms with Gasteiger partial charge in [-0.25, -0.2) is 4.79 Å². The number of hydrogen-bond acceptors (Lipinski definition) is 2. The molecular formula is C18H36N2O2. The second-order valence-electron chi connectivity index (χ2n) is 7.95. The van der Waals surface area contributed by atoms with E-state index < -0.39 is 0 Å². The van der Waals surface area contributed by atoms with E-state index in [1.165, 1.54) is 19.3 Å². The SMILES string of the molecule is CCCCCCN(CC(C)(C)C)C(=O)NC1CCCCC1O. The number of hydrogen-bond donors (Lipinski definition) is 2. The van der Waals surface area contributed by atoms with Gasteiger partial charge in [0.2, 0.25) is 0 Å². The molecular weight excluding hydrogens is 276 g/mol. The molecule has 4 nitrogen and oxygen atoms in total. The molecule has 130 valence electrons. The zero-order valence-electron chi connectivity index (χ0n) is 15.0. The zero-order valence-corrected chi connectivity index (χ0v) is 15.0. The Labute approximate surface area is 136 Å². The molecule has 4 heteroatoms. The van der Waals surface area contributed by atoms with Gasteiger partial charge in [0.1, 0.15) is 0 Å². The Bertz CT molecular complexity index is 326. The summed E-state index contributed by atoms with van der Waals surface area (Å²) in [6.07, 6.45) is 8.16. The van der Waals surface area contributed by atoms with Crippen molar-refractivity contribution in [3.63, 3.8) is 0 Å². The van der Waals surface area contributed by atoms with E-state index >= 15 is 0 Å². The zero-order chi connectivity index (χ0) is 16.6. The number of amides is 2. The van der Waals surface area contributed by atoms with Crippen molar-refractivity contribution >= 4 is 6.03 Å². The molecule has 1 aliphatic rings. The van der Waals surface area contributed by atoms with Crippen LogP contribution in [0.1, 0.15) is 79.1 Å². The van der Waals surface area contributed by atoms with Gasteiger partial charge in [-0.15, -0.1) is 0 Å². The summed E-state index contributed by atoms with van der Waals surface area (Å²) in [5.41, 5.74) is 0.0906. The minimum absolute atomic E-state index is 0.00243. The monoisotopic (exact) mass is 312 g/mol. The van der Waals surface area contributed by atoms with Gasteiger partial charge in [0.05, 0.1) is 12.1 Å². The van der Waals surface area contributed by atoms with Crippen LogP contribution >= 0.6 is 0 Å². The Morgan fingerprint density at radius 1 is 1.18 bits per heavy atom. The topological polar surface area (TPSA) is 52.6 Å². The van der Waals surface area contributed by atoms with Crippen LogP contribution < -0.4 is 5.32 Å². The fourth-order valence-electron chi connectivity index (χ4n) is 3.08. The molecule has 0 aromatic heterocycles. The van der Waals surface area contributed by atoms with Gasteiger partial charge in [0.15, 0.2) is 0 Å². The van der Waals surface area contributed by atoms with Gasteiger partial charge >= 0.3 is 6.03 Å². The fraction of sp³-hybridized carbons (Fsp3) is 0.944. The summed E-state index contributed by atoms with van der Waals surface area (Å²) in [6.45, 7) is 10.3. The van der Waals surface area contributed by atoms with Crippen LogP contribution in [0.3, 0.4) is 0 Å². The molecule has 0 aromatic carbocycles. The average Bonchev–Trinajstić information content (AvgIpc) is 2.43. The molecule has 0 aliphatic heterocycles. The van der Waals surface area contributed by atoms with Crippen LogP contribution in [0.2, 0.25) is 0 Å². The third-order valence-corrected chi connectivity index (χ3v) is 4.27. The molecule has 1 aliphatic carbocycles. The molecule has 2 amide bonds. The lowest BCUT2D eigenvalue weighted by molar-refractivity contribution is 0.0877. The number of rotatable bonds is 7. The minimum Gasteiger partial charge on any atom is -0.391 e. The fourth-order valence-corrected chi connectivity index (χ4v) is 3.08. The second kappa shape index (κ2) is 9.39. The molecule has 1 rings (SSSR count). The van der Waals surface area contributed by atoms with E-state index in [1.807, 2.05) is 4.90 Å². The first-order valence-corrected chi connectivity index (χ1v) is 9.07. The Morgan fingerprint density at radius 3 is 2.45 bits per heavy atom. The van der Waals surface area contributed by atoms with Gasteiger partial charge in [-0.2, -0.15) is 0 Å². The highest BCUT2D eigenvalue weighted by atomic mass is 16.3. The first-order valence-electron chi connectivity index (χ1n) is 9.07. The van der Waals surface area contributed by atoms with Crippen LogP contribution in [0.5, 0.6) is 0 Å². The lowest BCUT2D eigenvalue weighted by atomic mass is 9.92. The van der Waals surface area contributed by atoms with Crippen molar-refractivity contribution in [1.29, 1.82) is 0 Å². The third kappa shape index (κ3) is 7.48. The van der Waals surface area contributed by atoms with Crippen molar-refractivity contribution in [2.75, 3.05) is 13.1 Å². The first kappa shape index (κ1) is 19.3. The lowest BCUT2D eigenvalue weighted by Gasteiger charge is -2.34. The molecule has 2 unspecified atom stereocenters. The van der Waals surface area contributed by atoms with Crippen molar-refractivity contribution in [3.05, 3.63) is 0 Å². The lowest BCUT2D eigenvalue weighted by Crippen LogP contribution is -2.52. The number of aliphatic hydroxyl groups excluding tert-OH is 1. The highest BCUT2D eigenvalue weighted by Gasteiger charge is 2.27. The predicted molar refractivity (Wildman–Crippen MR) is 92.0 cm³/mol. The number of urea groups is 1. The number of nitrogens with zero attached hydrogens (tertiary/aromatic N) is 1. The van der Waals surface area contributed by atoms with E-state index in [0.29, 0.717) is 0 Å². The number of aliphatic hydroxyl groups is 1. The minimum atomic E-state index is -0.380. The molecule has 0 bridgehead atoms. The second-order valence-corrected chi connectivity index (χ2v) is 7.95. The van der Waals surface area contributed by atoms with E-state index in [1.54, 1.807) is 0 Å². The third-order valence-electron chi connectivity index (χ3n) is 4.27. The maximum Gasteiger partial charge on any atom is 0.317 e. The van der Waals surface area contributed by atoms with E-state index in [4.69, 9.17) is 0 Å². The maximum atomic E-state index is 12.6. The number of carbonyl (C=O) groups is 1. The van der Waals surface area contributed by atoms with Gasteiger partial charge in [0.25, 0.3) is 0 Å². The Kier molecular flexibility index (Phi) is 8.23. The summed E-state index contributed by atoms with van der Waals surface area (Å²) in [7, 11) is 0. The van der Waals surface area contributed by atoms with Crippen molar-refractivity contribution in [3.8, 4) is 0 Å². The summed E-state index contributed by atoms with van der Waals surface area (Å²) >= 11 is 0. The standard InChI is InChI=1S/C18H36N2O2/c1-5-6-7-10-13-20(14-18(2,3)4)17(22)19-15-11-8-9-12-16(15)21/h15-16,21H,5-14H2,1-4H3,(H,19,22). The molecule has 0 radical (unpaired) electrons. The van der Waals surface area contributed by atoms with Gasteiger partial charge in [0, 0.05) is 13.1 Å². The molecule has 2 N–H and O–H groups in total. The highest BCUT2D eigenvalue weighted by molar-refractivity contribution is 5.74. The predicted octanol–water partition coefficient (Wildman–Crippen LogP) is 3.93. The summed E-state index contributed by atoms with van der Waals surface area (Å²) in [6, 6.07) is -0.0725. The number of carbonyl (C=O) groups excluding carboxylic acids is 1. The van der Waals surface area contributed by atoms with Gasteiger partial charge in [-0.1, -0.05) is 59.8 Å². The first-order chi connectivity index (χ1) is 10.3. The maximum absolute atomic E-state index is 12.6. The molecule has 0 heterocycles. The molecule has 1 fully saturated rings. The van der Waals surface area contributed by atoms with Crippen molar-refractivity contribution in [1.82, 2.24) is 10.2 Å². The number of unbranched alkanes of at least 4 members (excludes halogenated alkanes) is 3. The molecule has 0 saturated heterocycles. The molecule has 1 saturated carbocycles. The average molecular weight is 312 g/mol. The van der Waals surface area contributed by atoms with Crippen molar-refractivity contribution < 1.29 is 9.90 Å². The normalized spacial score (nSPS) is 22.4. The van der Waals surface area contributed by atoms with E-state index in [0.717, 1.165) is 45.2 Å². The molecule has 0 spiro atoms. The number of nitrogens with one attached hydrogen (secondary N) is 1. The molecule has 22 heavy (non-hydrogen) atoms. The van der Waals surface area contributed by atoms with Gasteiger partial charge < -0.3 is 15.3 Å². The Hall–Kier alpha value is -0.770. The van der Waals surface area contributed by atoms with Gasteiger partial charge in [-0.3, -0.25) is 0 Å². The van der Waals surface area contributed by atoms with E-state index in [2.05, 4.69) is 33.0 Å².